The van der Waals surface area contributed by atoms with Crippen molar-refractivity contribution in [3.63, 3.8) is 0 Å². The van der Waals surface area contributed by atoms with Crippen molar-refractivity contribution in [2.45, 2.75) is 6.92 Å². The molecule has 1 amide bonds. The van der Waals surface area contributed by atoms with Crippen LogP contribution in [0.1, 0.15) is 15.9 Å². The van der Waals surface area contributed by atoms with Gasteiger partial charge in [-0.1, -0.05) is 6.07 Å². The summed E-state index contributed by atoms with van der Waals surface area (Å²) in [6.07, 6.45) is 0. The summed E-state index contributed by atoms with van der Waals surface area (Å²) in [7, 11) is 3.07. The van der Waals surface area contributed by atoms with Crippen molar-refractivity contribution in [2.75, 3.05) is 25.3 Å². The van der Waals surface area contributed by atoms with Gasteiger partial charge in [0.25, 0.3) is 5.91 Å². The molecule has 0 bridgehead atoms. The normalized spacial score (nSPS) is 10.0. The maximum atomic E-state index is 12.3. The van der Waals surface area contributed by atoms with Crippen molar-refractivity contribution in [1.29, 1.82) is 0 Å². The van der Waals surface area contributed by atoms with Crippen molar-refractivity contribution in [1.82, 2.24) is 0 Å². The van der Waals surface area contributed by atoms with E-state index in [0.717, 1.165) is 5.56 Å². The van der Waals surface area contributed by atoms with Crippen LogP contribution in [0, 0.1) is 6.92 Å². The minimum Gasteiger partial charge on any atom is -0.497 e. The van der Waals surface area contributed by atoms with E-state index >= 15 is 0 Å². The van der Waals surface area contributed by atoms with Crippen LogP contribution in [0.2, 0.25) is 0 Å². The minimum atomic E-state index is -0.274. The number of hydrogen-bond acceptors (Lipinski definition) is 4. The number of rotatable bonds is 4. The molecular formula is C16H18N2O3. The number of methoxy groups -OCH3 is 2. The Morgan fingerprint density at radius 2 is 1.67 bits per heavy atom. The van der Waals surface area contributed by atoms with Crippen molar-refractivity contribution in [3.8, 4) is 11.5 Å². The summed E-state index contributed by atoms with van der Waals surface area (Å²) < 4.78 is 10.3. The summed E-state index contributed by atoms with van der Waals surface area (Å²) in [6.45, 7) is 1.93. The molecule has 0 unspecified atom stereocenters. The molecule has 2 rings (SSSR count). The number of benzene rings is 2. The summed E-state index contributed by atoms with van der Waals surface area (Å²) in [5.74, 6) is 0.831. The van der Waals surface area contributed by atoms with E-state index in [1.807, 2.05) is 19.1 Å². The Hall–Kier alpha value is -2.69. The standard InChI is InChI=1S/C16H18N2O3/c1-10-4-5-14(17)15(6-10)18-16(19)11-7-12(20-2)9-13(8-11)21-3/h4-9H,17H2,1-3H3,(H,18,19). The molecule has 5 heteroatoms. The van der Waals surface area contributed by atoms with E-state index in [1.165, 1.54) is 14.2 Å². The first-order valence-corrected chi connectivity index (χ1v) is 6.44. The van der Waals surface area contributed by atoms with Crippen LogP contribution in [0.3, 0.4) is 0 Å². The molecule has 5 nitrogen and oxygen atoms in total. The number of amides is 1. The van der Waals surface area contributed by atoms with Crippen LogP contribution in [-0.4, -0.2) is 20.1 Å². The molecule has 0 spiro atoms. The third-order valence-electron chi connectivity index (χ3n) is 3.07. The zero-order valence-electron chi connectivity index (χ0n) is 12.3. The average molecular weight is 286 g/mol. The molecule has 0 aliphatic heterocycles. The molecule has 0 heterocycles. The summed E-state index contributed by atoms with van der Waals surface area (Å²) in [5, 5.41) is 2.79. The second kappa shape index (κ2) is 6.17. The molecule has 2 aromatic carbocycles. The molecule has 2 aromatic rings. The van der Waals surface area contributed by atoms with Crippen LogP contribution < -0.4 is 20.5 Å². The Labute approximate surface area is 123 Å². The van der Waals surface area contributed by atoms with Gasteiger partial charge in [-0.3, -0.25) is 4.79 Å². The quantitative estimate of drug-likeness (QED) is 0.848. The number of nitrogens with two attached hydrogens (primary N) is 1. The Balaban J connectivity index is 2.29. The first-order chi connectivity index (χ1) is 10.0. The lowest BCUT2D eigenvalue weighted by molar-refractivity contribution is 0.102. The third-order valence-corrected chi connectivity index (χ3v) is 3.07. The summed E-state index contributed by atoms with van der Waals surface area (Å²) in [6, 6.07) is 10.5. The predicted octanol–water partition coefficient (Wildman–Crippen LogP) is 2.85. The van der Waals surface area contributed by atoms with E-state index in [4.69, 9.17) is 15.2 Å². The van der Waals surface area contributed by atoms with Crippen molar-refractivity contribution in [3.05, 3.63) is 47.5 Å². The Morgan fingerprint density at radius 3 is 2.24 bits per heavy atom. The number of nitrogen functional groups attached to an aromatic ring is 1. The smallest absolute Gasteiger partial charge is 0.255 e. The molecule has 0 atom stereocenters. The van der Waals surface area contributed by atoms with Gasteiger partial charge < -0.3 is 20.5 Å². The van der Waals surface area contributed by atoms with Crippen molar-refractivity contribution < 1.29 is 14.3 Å². The molecule has 110 valence electrons. The van der Waals surface area contributed by atoms with Gasteiger partial charge >= 0.3 is 0 Å². The fourth-order valence-corrected chi connectivity index (χ4v) is 1.91. The molecule has 0 aliphatic rings. The van der Waals surface area contributed by atoms with Crippen LogP contribution in [0.15, 0.2) is 36.4 Å². The fraction of sp³-hybridized carbons (Fsp3) is 0.188. The van der Waals surface area contributed by atoms with E-state index in [2.05, 4.69) is 5.32 Å². The van der Waals surface area contributed by atoms with Gasteiger partial charge in [0.2, 0.25) is 0 Å². The van der Waals surface area contributed by atoms with E-state index in [1.54, 1.807) is 24.3 Å². The van der Waals surface area contributed by atoms with Crippen LogP contribution >= 0.6 is 0 Å². The van der Waals surface area contributed by atoms with Gasteiger partial charge in [0.1, 0.15) is 11.5 Å². The van der Waals surface area contributed by atoms with E-state index in [-0.39, 0.29) is 5.91 Å². The number of ether oxygens (including phenoxy) is 2. The third kappa shape index (κ3) is 3.45. The fourth-order valence-electron chi connectivity index (χ4n) is 1.91. The molecule has 0 aromatic heterocycles. The zero-order chi connectivity index (χ0) is 15.4. The minimum absolute atomic E-state index is 0.274. The second-order valence-corrected chi connectivity index (χ2v) is 4.65. The Kier molecular flexibility index (Phi) is 4.33. The second-order valence-electron chi connectivity index (χ2n) is 4.65. The predicted molar refractivity (Wildman–Crippen MR) is 83.1 cm³/mol. The SMILES string of the molecule is COc1cc(OC)cc(C(=O)Nc2cc(C)ccc2N)c1. The molecule has 0 aliphatic carbocycles. The van der Waals surface area contributed by atoms with E-state index < -0.39 is 0 Å². The highest BCUT2D eigenvalue weighted by Gasteiger charge is 2.11. The molecule has 21 heavy (non-hydrogen) atoms. The largest absolute Gasteiger partial charge is 0.497 e. The van der Waals surface area contributed by atoms with Gasteiger partial charge in [-0.15, -0.1) is 0 Å². The monoisotopic (exact) mass is 286 g/mol. The van der Waals surface area contributed by atoms with Gasteiger partial charge in [-0.25, -0.2) is 0 Å². The topological polar surface area (TPSA) is 73.6 Å². The zero-order valence-corrected chi connectivity index (χ0v) is 12.3. The average Bonchev–Trinajstić information content (AvgIpc) is 2.50. The van der Waals surface area contributed by atoms with E-state index in [0.29, 0.717) is 28.4 Å². The molecule has 0 fully saturated rings. The van der Waals surface area contributed by atoms with Crippen molar-refractivity contribution in [2.24, 2.45) is 0 Å². The van der Waals surface area contributed by atoms with Crippen LogP contribution in [0.5, 0.6) is 11.5 Å². The lowest BCUT2D eigenvalue weighted by Gasteiger charge is -2.11. The lowest BCUT2D eigenvalue weighted by Crippen LogP contribution is -2.13. The van der Waals surface area contributed by atoms with Gasteiger partial charge in [0.05, 0.1) is 25.6 Å². The lowest BCUT2D eigenvalue weighted by atomic mass is 10.1. The van der Waals surface area contributed by atoms with Crippen LogP contribution in [0.25, 0.3) is 0 Å². The Bertz CT molecular complexity index is 646. The highest BCUT2D eigenvalue weighted by molar-refractivity contribution is 6.06. The van der Waals surface area contributed by atoms with Gasteiger partial charge in [-0.2, -0.15) is 0 Å². The van der Waals surface area contributed by atoms with Crippen LogP contribution in [-0.2, 0) is 0 Å². The summed E-state index contributed by atoms with van der Waals surface area (Å²) in [4.78, 5) is 12.3. The molecule has 0 saturated heterocycles. The van der Waals surface area contributed by atoms with Gasteiger partial charge in [-0.05, 0) is 36.8 Å². The number of carbonyl (C=O) groups excluding carboxylic acids is 1. The number of nitrogens with one attached hydrogen (secondary N) is 1. The Morgan fingerprint density at radius 1 is 1.05 bits per heavy atom. The highest BCUT2D eigenvalue weighted by Crippen LogP contribution is 2.25. The maximum absolute atomic E-state index is 12.3. The number of hydrogen-bond donors (Lipinski definition) is 2. The molecule has 0 saturated carbocycles. The maximum Gasteiger partial charge on any atom is 0.255 e. The van der Waals surface area contributed by atoms with Crippen molar-refractivity contribution >= 4 is 17.3 Å². The van der Waals surface area contributed by atoms with E-state index in [9.17, 15) is 4.79 Å². The van der Waals surface area contributed by atoms with Gasteiger partial charge in [0, 0.05) is 11.6 Å². The number of carbonyl (C=O) groups is 1. The molecule has 0 radical (unpaired) electrons. The van der Waals surface area contributed by atoms with Gasteiger partial charge in [0.15, 0.2) is 0 Å². The summed E-state index contributed by atoms with van der Waals surface area (Å²) >= 11 is 0. The first-order valence-electron chi connectivity index (χ1n) is 6.44. The number of aryl methyl sites for hydroxylation is 1. The molecule has 3 N–H and O–H groups in total. The van der Waals surface area contributed by atoms with Crippen LogP contribution in [0.4, 0.5) is 11.4 Å². The summed E-state index contributed by atoms with van der Waals surface area (Å²) in [5.41, 5.74) is 8.42. The highest BCUT2D eigenvalue weighted by atomic mass is 16.5. The first kappa shape index (κ1) is 14.7. The number of anilines is 2. The molecular weight excluding hydrogens is 268 g/mol.